The lowest BCUT2D eigenvalue weighted by Gasteiger charge is -2.34. The fraction of sp³-hybridized carbons (Fsp3) is 0.381. The lowest BCUT2D eigenvalue weighted by molar-refractivity contribution is 0.224. The lowest BCUT2D eigenvalue weighted by atomic mass is 9.71. The van der Waals surface area contributed by atoms with E-state index in [9.17, 15) is 0 Å². The number of thiazole rings is 1. The first kappa shape index (κ1) is 16.4. The normalized spacial score (nSPS) is 17.7. The van der Waals surface area contributed by atoms with E-state index < -0.39 is 0 Å². The molecule has 4 heteroatoms. The van der Waals surface area contributed by atoms with Crippen LogP contribution in [0.15, 0.2) is 42.5 Å². The van der Waals surface area contributed by atoms with Gasteiger partial charge in [0.1, 0.15) is 0 Å². The zero-order valence-corrected chi connectivity index (χ0v) is 15.7. The number of rotatable bonds is 3. The van der Waals surface area contributed by atoms with E-state index in [1.165, 1.54) is 42.6 Å². The van der Waals surface area contributed by atoms with Gasteiger partial charge < -0.3 is 11.1 Å². The fourth-order valence-corrected chi connectivity index (χ4v) is 4.53. The van der Waals surface area contributed by atoms with Gasteiger partial charge in [0, 0.05) is 11.4 Å². The molecule has 0 bridgehead atoms. The summed E-state index contributed by atoms with van der Waals surface area (Å²) in [6.45, 7) is 4.79. The van der Waals surface area contributed by atoms with Crippen LogP contribution < -0.4 is 11.1 Å². The summed E-state index contributed by atoms with van der Waals surface area (Å²) in [5.41, 5.74) is 10.9. The summed E-state index contributed by atoms with van der Waals surface area (Å²) in [5, 5.41) is 4.10. The van der Waals surface area contributed by atoms with Crippen LogP contribution in [-0.4, -0.2) is 4.98 Å². The Labute approximate surface area is 153 Å². The third-order valence-corrected chi connectivity index (χ3v) is 6.26. The summed E-state index contributed by atoms with van der Waals surface area (Å²) in [4.78, 5) is 4.30. The van der Waals surface area contributed by atoms with Crippen molar-refractivity contribution in [2.24, 2.45) is 5.41 Å². The average Bonchev–Trinajstić information content (AvgIpc) is 2.95. The molecule has 0 radical (unpaired) electrons. The van der Waals surface area contributed by atoms with Gasteiger partial charge in [0.05, 0.1) is 10.2 Å². The summed E-state index contributed by atoms with van der Waals surface area (Å²) in [6.07, 6.45) is 5.28. The van der Waals surface area contributed by atoms with Crippen molar-refractivity contribution < 1.29 is 0 Å². The van der Waals surface area contributed by atoms with E-state index in [0.29, 0.717) is 10.5 Å². The Morgan fingerprint density at radius 3 is 2.44 bits per heavy atom. The van der Waals surface area contributed by atoms with E-state index in [-0.39, 0.29) is 0 Å². The molecule has 1 fully saturated rings. The number of nitrogens with one attached hydrogen (secondary N) is 1. The van der Waals surface area contributed by atoms with Crippen LogP contribution >= 0.6 is 11.3 Å². The van der Waals surface area contributed by atoms with Gasteiger partial charge in [0.15, 0.2) is 5.13 Å². The average molecular weight is 352 g/mol. The Morgan fingerprint density at radius 2 is 1.72 bits per heavy atom. The summed E-state index contributed by atoms with van der Waals surface area (Å²) < 4.78 is 1.11. The van der Waals surface area contributed by atoms with Crippen molar-refractivity contribution in [2.45, 2.75) is 45.4 Å². The molecule has 0 aliphatic heterocycles. The van der Waals surface area contributed by atoms with Gasteiger partial charge >= 0.3 is 0 Å². The van der Waals surface area contributed by atoms with Crippen molar-refractivity contribution in [1.82, 2.24) is 4.98 Å². The topological polar surface area (TPSA) is 50.9 Å². The number of hydrogen-bond donors (Lipinski definition) is 2. The smallest absolute Gasteiger partial charge is 0.181 e. The second-order valence-electron chi connectivity index (χ2n) is 7.92. The zero-order valence-electron chi connectivity index (χ0n) is 14.9. The highest BCUT2D eigenvalue weighted by molar-refractivity contribution is 7.22. The van der Waals surface area contributed by atoms with E-state index in [4.69, 9.17) is 5.73 Å². The molecule has 0 saturated heterocycles. The number of fused-ring (bicyclic) bond motifs is 1. The van der Waals surface area contributed by atoms with Crippen LogP contribution in [0.25, 0.3) is 10.2 Å². The van der Waals surface area contributed by atoms with Gasteiger partial charge in [-0.2, -0.15) is 0 Å². The van der Waals surface area contributed by atoms with E-state index in [1.807, 2.05) is 6.07 Å². The first-order valence-corrected chi connectivity index (χ1v) is 9.83. The van der Waals surface area contributed by atoms with Crippen molar-refractivity contribution >= 4 is 38.1 Å². The van der Waals surface area contributed by atoms with Crippen molar-refractivity contribution in [1.29, 1.82) is 0 Å². The van der Waals surface area contributed by atoms with Crippen LogP contribution in [0, 0.1) is 5.41 Å². The largest absolute Gasteiger partial charge is 0.375 e. The van der Waals surface area contributed by atoms with E-state index in [0.717, 1.165) is 27.5 Å². The van der Waals surface area contributed by atoms with Gasteiger partial charge in [-0.25, -0.2) is 4.98 Å². The van der Waals surface area contributed by atoms with Gasteiger partial charge in [0.2, 0.25) is 0 Å². The molecule has 4 rings (SSSR count). The first-order valence-electron chi connectivity index (χ1n) is 9.02. The number of nitrogens with two attached hydrogens (primary N) is 1. The summed E-state index contributed by atoms with van der Waals surface area (Å²) in [7, 11) is 0. The molecule has 3 N–H and O–H groups in total. The van der Waals surface area contributed by atoms with E-state index in [1.54, 1.807) is 0 Å². The van der Waals surface area contributed by atoms with E-state index >= 15 is 0 Å². The van der Waals surface area contributed by atoms with Crippen LogP contribution in [0.1, 0.15) is 51.0 Å². The fourth-order valence-electron chi connectivity index (χ4n) is 3.76. The third kappa shape index (κ3) is 3.64. The van der Waals surface area contributed by atoms with Gasteiger partial charge in [-0.3, -0.25) is 0 Å². The molecule has 1 aliphatic rings. The highest BCUT2D eigenvalue weighted by Gasteiger charge is 2.27. The molecule has 25 heavy (non-hydrogen) atoms. The van der Waals surface area contributed by atoms with Crippen molar-refractivity contribution in [2.75, 3.05) is 11.1 Å². The van der Waals surface area contributed by atoms with Crippen molar-refractivity contribution in [3.8, 4) is 0 Å². The molecule has 1 heterocycles. The number of aromatic nitrogens is 1. The van der Waals surface area contributed by atoms with Crippen LogP contribution in [0.4, 0.5) is 16.5 Å². The maximum Gasteiger partial charge on any atom is 0.181 e. The lowest BCUT2D eigenvalue weighted by Crippen LogP contribution is -2.20. The zero-order chi connectivity index (χ0) is 17.4. The monoisotopic (exact) mass is 351 g/mol. The Balaban J connectivity index is 1.46. The standard InChI is InChI=1S/C21H25N3S/c1-21(2)11-9-15(10-12-21)14-3-5-16(6-4-14)23-17-7-8-18-19(13-17)25-20(22)24-18/h3-8,13,15,23H,9-12H2,1-2H3,(H2,22,24). The van der Waals surface area contributed by atoms with Crippen molar-refractivity contribution in [3.05, 3.63) is 48.0 Å². The highest BCUT2D eigenvalue weighted by atomic mass is 32.1. The Hall–Kier alpha value is -2.07. The molecular formula is C21H25N3S. The first-order chi connectivity index (χ1) is 12.0. The Morgan fingerprint density at radius 1 is 1.04 bits per heavy atom. The predicted octanol–water partition coefficient (Wildman–Crippen LogP) is 6.31. The molecule has 0 amide bonds. The molecule has 3 aromatic rings. The van der Waals surface area contributed by atoms with Gasteiger partial charge in [0.25, 0.3) is 0 Å². The van der Waals surface area contributed by atoms with Crippen LogP contribution in [0.2, 0.25) is 0 Å². The van der Waals surface area contributed by atoms with Crippen LogP contribution in [0.3, 0.4) is 0 Å². The molecule has 0 spiro atoms. The predicted molar refractivity (Wildman–Crippen MR) is 109 cm³/mol. The molecule has 2 aromatic carbocycles. The molecule has 3 nitrogen and oxygen atoms in total. The van der Waals surface area contributed by atoms with Gasteiger partial charge in [-0.1, -0.05) is 37.3 Å². The molecule has 130 valence electrons. The van der Waals surface area contributed by atoms with Crippen molar-refractivity contribution in [3.63, 3.8) is 0 Å². The summed E-state index contributed by atoms with van der Waals surface area (Å²) >= 11 is 1.52. The maximum absolute atomic E-state index is 5.78. The minimum absolute atomic E-state index is 0.524. The second-order valence-corrected chi connectivity index (χ2v) is 8.98. The number of benzene rings is 2. The maximum atomic E-state index is 5.78. The SMILES string of the molecule is CC1(C)CCC(c2ccc(Nc3ccc4nc(N)sc4c3)cc2)CC1. The molecule has 0 unspecified atom stereocenters. The highest BCUT2D eigenvalue weighted by Crippen LogP contribution is 2.42. The Bertz CT molecular complexity index is 870. The minimum Gasteiger partial charge on any atom is -0.375 e. The van der Waals surface area contributed by atoms with Crippen LogP contribution in [-0.2, 0) is 0 Å². The molecule has 1 saturated carbocycles. The number of nitrogens with zero attached hydrogens (tertiary/aromatic N) is 1. The van der Waals surface area contributed by atoms with Gasteiger partial charge in [-0.15, -0.1) is 0 Å². The summed E-state index contributed by atoms with van der Waals surface area (Å²) in [5.74, 6) is 0.721. The molecule has 1 aliphatic carbocycles. The summed E-state index contributed by atoms with van der Waals surface area (Å²) in [6, 6.07) is 15.1. The minimum atomic E-state index is 0.524. The number of nitrogen functional groups attached to an aromatic ring is 1. The van der Waals surface area contributed by atoms with Gasteiger partial charge in [-0.05, 0) is 72.9 Å². The number of hydrogen-bond acceptors (Lipinski definition) is 4. The number of anilines is 3. The van der Waals surface area contributed by atoms with E-state index in [2.05, 4.69) is 60.5 Å². The molecule has 0 atom stereocenters. The quantitative estimate of drug-likeness (QED) is 0.581. The Kier molecular flexibility index (Phi) is 4.16. The second kappa shape index (κ2) is 6.34. The van der Waals surface area contributed by atoms with Crippen LogP contribution in [0.5, 0.6) is 0 Å². The molecule has 1 aromatic heterocycles. The molecular weight excluding hydrogens is 326 g/mol. The third-order valence-electron chi connectivity index (χ3n) is 5.41.